The van der Waals surface area contributed by atoms with E-state index in [1.807, 2.05) is 43.0 Å². The fourth-order valence-electron chi connectivity index (χ4n) is 4.89. The first-order valence-corrected chi connectivity index (χ1v) is 13.5. The summed E-state index contributed by atoms with van der Waals surface area (Å²) in [5.74, 6) is 0.0490. The third kappa shape index (κ3) is 5.58. The molecule has 1 amide bonds. The van der Waals surface area contributed by atoms with Gasteiger partial charge in [-0.1, -0.05) is 35.4 Å². The molecule has 0 saturated carbocycles. The summed E-state index contributed by atoms with van der Waals surface area (Å²) in [6, 6.07) is 14.6. The standard InChI is InChI=1S/C26H35N3O3S/c1-21-7-11-23(12-8-21)29(33(31,32)25-13-9-22(2)10-14-25)19-15-26(30)28-18-5-6-24(28)20-27-16-3-4-17-27/h7-14,24H,3-6,15-20H2,1-2H3. The summed E-state index contributed by atoms with van der Waals surface area (Å²) < 4.78 is 28.5. The van der Waals surface area contributed by atoms with Gasteiger partial charge >= 0.3 is 0 Å². The predicted octanol–water partition coefficient (Wildman–Crippen LogP) is 3.98. The summed E-state index contributed by atoms with van der Waals surface area (Å²) >= 11 is 0. The quantitative estimate of drug-likeness (QED) is 0.587. The third-order valence-corrected chi connectivity index (χ3v) is 8.67. The van der Waals surface area contributed by atoms with Crippen LogP contribution in [0.25, 0.3) is 0 Å². The van der Waals surface area contributed by atoms with Gasteiger partial charge < -0.3 is 9.80 Å². The molecule has 178 valence electrons. The van der Waals surface area contributed by atoms with Crippen molar-refractivity contribution in [2.75, 3.05) is 37.0 Å². The lowest BCUT2D eigenvalue weighted by Gasteiger charge is -2.30. The summed E-state index contributed by atoms with van der Waals surface area (Å²) in [6.45, 7) is 7.98. The predicted molar refractivity (Wildman–Crippen MR) is 132 cm³/mol. The van der Waals surface area contributed by atoms with Crippen molar-refractivity contribution < 1.29 is 13.2 Å². The maximum Gasteiger partial charge on any atom is 0.264 e. The van der Waals surface area contributed by atoms with Crippen molar-refractivity contribution in [2.24, 2.45) is 0 Å². The molecule has 6 nitrogen and oxygen atoms in total. The van der Waals surface area contributed by atoms with Gasteiger partial charge in [0.25, 0.3) is 10.0 Å². The van der Waals surface area contributed by atoms with Gasteiger partial charge in [0.2, 0.25) is 5.91 Å². The molecule has 0 bridgehead atoms. The average Bonchev–Trinajstić information content (AvgIpc) is 3.48. The van der Waals surface area contributed by atoms with Crippen LogP contribution < -0.4 is 4.31 Å². The zero-order chi connectivity index (χ0) is 23.4. The van der Waals surface area contributed by atoms with Crippen LogP contribution in [-0.2, 0) is 14.8 Å². The van der Waals surface area contributed by atoms with Crippen LogP contribution in [0.2, 0.25) is 0 Å². The van der Waals surface area contributed by atoms with Crippen molar-refractivity contribution in [3.8, 4) is 0 Å². The van der Waals surface area contributed by atoms with Crippen molar-refractivity contribution in [3.05, 3.63) is 59.7 Å². The molecule has 4 rings (SSSR count). The first-order chi connectivity index (χ1) is 15.8. The maximum absolute atomic E-state index is 13.6. The minimum atomic E-state index is -3.78. The number of carbonyl (C=O) groups excluding carboxylic acids is 1. The molecule has 0 N–H and O–H groups in total. The molecule has 0 aliphatic carbocycles. The molecule has 0 aromatic heterocycles. The lowest BCUT2D eigenvalue weighted by Crippen LogP contribution is -2.44. The first-order valence-electron chi connectivity index (χ1n) is 12.0. The molecule has 7 heteroatoms. The first kappa shape index (κ1) is 23.8. The maximum atomic E-state index is 13.6. The monoisotopic (exact) mass is 469 g/mol. The van der Waals surface area contributed by atoms with Gasteiger partial charge in [-0.3, -0.25) is 9.10 Å². The number of hydrogen-bond acceptors (Lipinski definition) is 4. The van der Waals surface area contributed by atoms with Crippen LogP contribution in [-0.4, -0.2) is 62.9 Å². The lowest BCUT2D eigenvalue weighted by atomic mass is 10.2. The van der Waals surface area contributed by atoms with Crippen LogP contribution in [0, 0.1) is 13.8 Å². The SMILES string of the molecule is Cc1ccc(N(CCC(=O)N2CCCC2CN2CCCC2)S(=O)(=O)c2ccc(C)cc2)cc1. The summed E-state index contributed by atoms with van der Waals surface area (Å²) in [4.78, 5) is 17.9. The topological polar surface area (TPSA) is 60.9 Å². The van der Waals surface area contributed by atoms with E-state index >= 15 is 0 Å². The highest BCUT2D eigenvalue weighted by atomic mass is 32.2. The van der Waals surface area contributed by atoms with Crippen LogP contribution in [0.1, 0.15) is 43.2 Å². The number of carbonyl (C=O) groups is 1. The summed E-state index contributed by atoms with van der Waals surface area (Å²) in [7, 11) is -3.78. The number of anilines is 1. The van der Waals surface area contributed by atoms with Gasteiger partial charge in [0, 0.05) is 32.1 Å². The second kappa shape index (κ2) is 10.3. The highest BCUT2D eigenvalue weighted by Crippen LogP contribution is 2.26. The molecule has 1 unspecified atom stereocenters. The normalized spacial score (nSPS) is 19.2. The van der Waals surface area contributed by atoms with Crippen LogP contribution >= 0.6 is 0 Å². The number of amides is 1. The van der Waals surface area contributed by atoms with E-state index < -0.39 is 10.0 Å². The second-order valence-corrected chi connectivity index (χ2v) is 11.2. The largest absolute Gasteiger partial charge is 0.338 e. The molecule has 33 heavy (non-hydrogen) atoms. The number of rotatable bonds is 8. The molecule has 2 fully saturated rings. The number of sulfonamides is 1. The van der Waals surface area contributed by atoms with Crippen molar-refractivity contribution in [3.63, 3.8) is 0 Å². The molecule has 2 aliphatic rings. The molecule has 2 saturated heterocycles. The number of likely N-dealkylation sites (tertiary alicyclic amines) is 2. The zero-order valence-corrected chi connectivity index (χ0v) is 20.6. The van der Waals surface area contributed by atoms with Crippen molar-refractivity contribution in [1.29, 1.82) is 0 Å². The van der Waals surface area contributed by atoms with Crippen molar-refractivity contribution in [2.45, 2.75) is 56.9 Å². The van der Waals surface area contributed by atoms with Crippen LogP contribution in [0.15, 0.2) is 53.4 Å². The third-order valence-electron chi connectivity index (χ3n) is 6.82. The molecule has 1 atom stereocenters. The molecule has 0 spiro atoms. The smallest absolute Gasteiger partial charge is 0.264 e. The van der Waals surface area contributed by atoms with E-state index in [0.29, 0.717) is 5.69 Å². The van der Waals surface area contributed by atoms with Crippen LogP contribution in [0.4, 0.5) is 5.69 Å². The minimum absolute atomic E-state index is 0.0490. The van der Waals surface area contributed by atoms with Gasteiger partial charge in [-0.25, -0.2) is 8.42 Å². The number of hydrogen-bond donors (Lipinski definition) is 0. The minimum Gasteiger partial charge on any atom is -0.338 e. The van der Waals surface area contributed by atoms with E-state index in [9.17, 15) is 13.2 Å². The second-order valence-electron chi connectivity index (χ2n) is 9.37. The Bertz CT molecular complexity index is 1050. The lowest BCUT2D eigenvalue weighted by molar-refractivity contribution is -0.132. The highest BCUT2D eigenvalue weighted by Gasteiger charge is 2.32. The Labute approximate surface area is 198 Å². The molecular weight excluding hydrogens is 434 g/mol. The van der Waals surface area contributed by atoms with E-state index in [-0.39, 0.29) is 29.8 Å². The molecule has 2 heterocycles. The fourth-order valence-corrected chi connectivity index (χ4v) is 6.36. The highest BCUT2D eigenvalue weighted by molar-refractivity contribution is 7.92. The molecular formula is C26H35N3O3S. The van der Waals surface area contributed by atoms with Gasteiger partial charge in [-0.2, -0.15) is 0 Å². The van der Waals surface area contributed by atoms with Crippen molar-refractivity contribution >= 4 is 21.6 Å². The Kier molecular flexibility index (Phi) is 7.39. The summed E-state index contributed by atoms with van der Waals surface area (Å²) in [6.07, 6.45) is 4.71. The van der Waals surface area contributed by atoms with Gasteiger partial charge in [-0.15, -0.1) is 0 Å². The molecule has 0 radical (unpaired) electrons. The van der Waals surface area contributed by atoms with Gasteiger partial charge in [0.1, 0.15) is 0 Å². The average molecular weight is 470 g/mol. The Morgan fingerprint density at radius 2 is 1.52 bits per heavy atom. The Hall–Kier alpha value is -2.38. The van der Waals surface area contributed by atoms with Crippen LogP contribution in [0.5, 0.6) is 0 Å². The van der Waals surface area contributed by atoms with E-state index in [4.69, 9.17) is 0 Å². The Morgan fingerprint density at radius 3 is 2.15 bits per heavy atom. The van der Waals surface area contributed by atoms with Crippen molar-refractivity contribution in [1.82, 2.24) is 9.80 Å². The Morgan fingerprint density at radius 1 is 0.909 bits per heavy atom. The fraction of sp³-hybridized carbons (Fsp3) is 0.500. The van der Waals surface area contributed by atoms with Gasteiger partial charge in [0.15, 0.2) is 0 Å². The van der Waals surface area contributed by atoms with Gasteiger partial charge in [0.05, 0.1) is 10.6 Å². The molecule has 2 aliphatic heterocycles. The van der Waals surface area contributed by atoms with E-state index in [1.165, 1.54) is 17.1 Å². The van der Waals surface area contributed by atoms with E-state index in [0.717, 1.165) is 50.1 Å². The van der Waals surface area contributed by atoms with E-state index in [2.05, 4.69) is 4.90 Å². The number of nitrogens with zero attached hydrogens (tertiary/aromatic N) is 3. The molecule has 2 aromatic carbocycles. The van der Waals surface area contributed by atoms with E-state index in [1.54, 1.807) is 24.3 Å². The number of benzene rings is 2. The van der Waals surface area contributed by atoms with Gasteiger partial charge in [-0.05, 0) is 76.9 Å². The summed E-state index contributed by atoms with van der Waals surface area (Å²) in [5.41, 5.74) is 2.65. The van der Waals surface area contributed by atoms with Crippen LogP contribution in [0.3, 0.4) is 0 Å². The summed E-state index contributed by atoms with van der Waals surface area (Å²) in [5, 5.41) is 0. The zero-order valence-electron chi connectivity index (χ0n) is 19.7. The number of aryl methyl sites for hydroxylation is 2. The molecule has 2 aromatic rings. The Balaban J connectivity index is 1.51.